The number of hydrogen-bond acceptors (Lipinski definition) is 3. The van der Waals surface area contributed by atoms with Crippen molar-refractivity contribution >= 4 is 16.6 Å². The summed E-state index contributed by atoms with van der Waals surface area (Å²) in [7, 11) is 0. The van der Waals surface area contributed by atoms with Crippen molar-refractivity contribution in [1.82, 2.24) is 19.6 Å². The van der Waals surface area contributed by atoms with Gasteiger partial charge in [-0.3, -0.25) is 4.40 Å². The lowest BCUT2D eigenvalue weighted by Crippen LogP contribution is -1.94. The molecule has 0 amide bonds. The summed E-state index contributed by atoms with van der Waals surface area (Å²) in [5.74, 6) is 0.947. The third-order valence-corrected chi connectivity index (χ3v) is 2.54. The van der Waals surface area contributed by atoms with Gasteiger partial charge in [-0.15, -0.1) is 10.2 Å². The minimum absolute atomic E-state index is 0.862. The predicted octanol–water partition coefficient (Wildman–Crippen LogP) is 1.84. The molecule has 0 unspecified atom stereocenters. The van der Waals surface area contributed by atoms with Crippen LogP contribution in [0.5, 0.6) is 0 Å². The molecule has 15 heavy (non-hydrogen) atoms. The number of aromatic nitrogens is 4. The standard InChI is InChI=1S/C11H10N4/c1-2-10-13-14-11-8-5-3-4-6-9(8)12-7-15(10)11/h3-7H,2H2,1H3. The average Bonchev–Trinajstić information content (AvgIpc) is 2.72. The van der Waals surface area contributed by atoms with Crippen LogP contribution in [-0.2, 0) is 6.42 Å². The lowest BCUT2D eigenvalue weighted by atomic mass is 10.2. The highest BCUT2D eigenvalue weighted by Crippen LogP contribution is 2.16. The normalized spacial score (nSPS) is 11.3. The highest BCUT2D eigenvalue weighted by Gasteiger charge is 2.06. The van der Waals surface area contributed by atoms with E-state index in [1.54, 1.807) is 6.33 Å². The van der Waals surface area contributed by atoms with E-state index >= 15 is 0 Å². The zero-order chi connectivity index (χ0) is 10.3. The van der Waals surface area contributed by atoms with E-state index in [9.17, 15) is 0 Å². The molecule has 3 rings (SSSR count). The summed E-state index contributed by atoms with van der Waals surface area (Å²) in [4.78, 5) is 4.37. The Morgan fingerprint density at radius 1 is 1.20 bits per heavy atom. The summed E-state index contributed by atoms with van der Waals surface area (Å²) >= 11 is 0. The Balaban J connectivity index is 2.50. The fourth-order valence-corrected chi connectivity index (χ4v) is 1.76. The molecule has 0 N–H and O–H groups in total. The molecular weight excluding hydrogens is 188 g/mol. The van der Waals surface area contributed by atoms with Gasteiger partial charge in [0.1, 0.15) is 12.2 Å². The molecule has 0 aliphatic carbocycles. The summed E-state index contributed by atoms with van der Waals surface area (Å²) in [6.07, 6.45) is 2.65. The van der Waals surface area contributed by atoms with Gasteiger partial charge in [0, 0.05) is 11.8 Å². The van der Waals surface area contributed by atoms with Gasteiger partial charge < -0.3 is 0 Å². The molecular formula is C11H10N4. The van der Waals surface area contributed by atoms with Crippen molar-refractivity contribution in [3.8, 4) is 0 Å². The van der Waals surface area contributed by atoms with E-state index in [1.165, 1.54) is 0 Å². The Hall–Kier alpha value is -1.97. The van der Waals surface area contributed by atoms with Crippen molar-refractivity contribution in [1.29, 1.82) is 0 Å². The Morgan fingerprint density at radius 3 is 2.93 bits per heavy atom. The van der Waals surface area contributed by atoms with Gasteiger partial charge in [0.2, 0.25) is 0 Å². The van der Waals surface area contributed by atoms with Crippen LogP contribution in [0.3, 0.4) is 0 Å². The minimum atomic E-state index is 0.862. The quantitative estimate of drug-likeness (QED) is 0.599. The van der Waals surface area contributed by atoms with Crippen molar-refractivity contribution in [3.63, 3.8) is 0 Å². The van der Waals surface area contributed by atoms with Crippen LogP contribution in [0, 0.1) is 0 Å². The molecule has 0 saturated heterocycles. The number of aryl methyl sites for hydroxylation is 1. The van der Waals surface area contributed by atoms with Crippen LogP contribution in [0.15, 0.2) is 30.6 Å². The molecule has 4 heteroatoms. The van der Waals surface area contributed by atoms with Crippen molar-refractivity contribution < 1.29 is 0 Å². The number of benzene rings is 1. The van der Waals surface area contributed by atoms with Crippen molar-refractivity contribution in [3.05, 3.63) is 36.4 Å². The third-order valence-electron chi connectivity index (χ3n) is 2.54. The van der Waals surface area contributed by atoms with Gasteiger partial charge in [0.05, 0.1) is 5.52 Å². The van der Waals surface area contributed by atoms with Gasteiger partial charge >= 0.3 is 0 Å². The first-order valence-corrected chi connectivity index (χ1v) is 4.97. The van der Waals surface area contributed by atoms with Crippen molar-refractivity contribution in [2.24, 2.45) is 0 Å². The topological polar surface area (TPSA) is 43.1 Å². The highest BCUT2D eigenvalue weighted by atomic mass is 15.3. The largest absolute Gasteiger partial charge is 0.269 e. The van der Waals surface area contributed by atoms with Crippen LogP contribution in [0.2, 0.25) is 0 Å². The lowest BCUT2D eigenvalue weighted by molar-refractivity contribution is 0.899. The summed E-state index contributed by atoms with van der Waals surface area (Å²) < 4.78 is 1.95. The lowest BCUT2D eigenvalue weighted by Gasteiger charge is -1.99. The van der Waals surface area contributed by atoms with E-state index in [4.69, 9.17) is 0 Å². The number of rotatable bonds is 1. The molecule has 1 aromatic carbocycles. The van der Waals surface area contributed by atoms with Crippen molar-refractivity contribution in [2.45, 2.75) is 13.3 Å². The average molecular weight is 198 g/mol. The SMILES string of the molecule is CCc1nnc2c3ccccc3ncn12. The Kier molecular flexibility index (Phi) is 1.68. The number of para-hydroxylation sites is 1. The Morgan fingerprint density at radius 2 is 2.07 bits per heavy atom. The molecule has 2 heterocycles. The summed E-state index contributed by atoms with van der Waals surface area (Å²) in [6.45, 7) is 2.06. The first kappa shape index (κ1) is 8.35. The highest BCUT2D eigenvalue weighted by molar-refractivity contribution is 5.90. The molecule has 0 saturated carbocycles. The monoisotopic (exact) mass is 198 g/mol. The van der Waals surface area contributed by atoms with E-state index in [2.05, 4.69) is 22.1 Å². The fraction of sp³-hybridized carbons (Fsp3) is 0.182. The van der Waals surface area contributed by atoms with Gasteiger partial charge in [-0.25, -0.2) is 4.98 Å². The van der Waals surface area contributed by atoms with Crippen LogP contribution in [-0.4, -0.2) is 19.6 Å². The molecule has 0 aliphatic rings. The molecule has 0 fully saturated rings. The van der Waals surface area contributed by atoms with E-state index in [1.807, 2.05) is 28.7 Å². The molecule has 0 spiro atoms. The van der Waals surface area contributed by atoms with Crippen LogP contribution >= 0.6 is 0 Å². The second-order valence-electron chi connectivity index (χ2n) is 3.43. The first-order chi connectivity index (χ1) is 7.40. The summed E-state index contributed by atoms with van der Waals surface area (Å²) in [5, 5.41) is 9.38. The Bertz CT molecular complexity index is 627. The van der Waals surface area contributed by atoms with Gasteiger partial charge in [-0.2, -0.15) is 0 Å². The van der Waals surface area contributed by atoms with E-state index < -0.39 is 0 Å². The maximum Gasteiger partial charge on any atom is 0.171 e. The number of hydrogen-bond donors (Lipinski definition) is 0. The molecule has 4 nitrogen and oxygen atoms in total. The minimum Gasteiger partial charge on any atom is -0.269 e. The zero-order valence-corrected chi connectivity index (χ0v) is 8.38. The second-order valence-corrected chi connectivity index (χ2v) is 3.43. The maximum absolute atomic E-state index is 4.37. The molecule has 0 aliphatic heterocycles. The molecule has 3 aromatic rings. The fourth-order valence-electron chi connectivity index (χ4n) is 1.76. The van der Waals surface area contributed by atoms with E-state index in [0.29, 0.717) is 0 Å². The Labute approximate surface area is 86.6 Å². The van der Waals surface area contributed by atoms with E-state index in [0.717, 1.165) is 28.8 Å². The number of fused-ring (bicyclic) bond motifs is 3. The molecule has 0 atom stereocenters. The van der Waals surface area contributed by atoms with Crippen LogP contribution in [0.25, 0.3) is 16.6 Å². The summed E-state index contributed by atoms with van der Waals surface area (Å²) in [6, 6.07) is 7.97. The molecule has 74 valence electrons. The van der Waals surface area contributed by atoms with Gasteiger partial charge in [-0.05, 0) is 12.1 Å². The van der Waals surface area contributed by atoms with Crippen molar-refractivity contribution in [2.75, 3.05) is 0 Å². The summed E-state index contributed by atoms with van der Waals surface area (Å²) in [5.41, 5.74) is 1.84. The molecule has 0 radical (unpaired) electrons. The van der Waals surface area contributed by atoms with Gasteiger partial charge in [0.15, 0.2) is 5.65 Å². The zero-order valence-electron chi connectivity index (χ0n) is 8.38. The molecule has 0 bridgehead atoms. The third kappa shape index (κ3) is 1.11. The van der Waals surface area contributed by atoms with Crippen LogP contribution < -0.4 is 0 Å². The smallest absolute Gasteiger partial charge is 0.171 e. The first-order valence-electron chi connectivity index (χ1n) is 4.97. The van der Waals surface area contributed by atoms with Crippen LogP contribution in [0.4, 0.5) is 0 Å². The van der Waals surface area contributed by atoms with Gasteiger partial charge in [0.25, 0.3) is 0 Å². The van der Waals surface area contributed by atoms with Gasteiger partial charge in [-0.1, -0.05) is 19.1 Å². The number of nitrogens with zero attached hydrogens (tertiary/aromatic N) is 4. The predicted molar refractivity (Wildman–Crippen MR) is 57.7 cm³/mol. The molecule has 2 aromatic heterocycles. The maximum atomic E-state index is 4.37. The van der Waals surface area contributed by atoms with E-state index in [-0.39, 0.29) is 0 Å². The second kappa shape index (κ2) is 3.02. The van der Waals surface area contributed by atoms with Crippen LogP contribution in [0.1, 0.15) is 12.7 Å².